The van der Waals surface area contributed by atoms with Gasteiger partial charge in [0.05, 0.1) is 35.1 Å². The fourth-order valence-corrected chi connectivity index (χ4v) is 2.83. The molecule has 0 saturated heterocycles. The Kier molecular flexibility index (Phi) is 4.90. The first kappa shape index (κ1) is 18.5. The van der Waals surface area contributed by atoms with Crippen LogP contribution in [0.25, 0.3) is 11.0 Å². The van der Waals surface area contributed by atoms with Crippen LogP contribution in [0.2, 0.25) is 0 Å². The highest BCUT2D eigenvalue weighted by Gasteiger charge is 2.15. The SMILES string of the molecule is COC(=O)c1cc(NC(=O)c2ccc3nc(C)c(C)nc3c2)cc(C)c1C. The normalized spacial score (nSPS) is 10.7. The van der Waals surface area contributed by atoms with E-state index in [0.29, 0.717) is 22.3 Å². The number of benzene rings is 2. The molecule has 1 amide bonds. The van der Waals surface area contributed by atoms with E-state index in [2.05, 4.69) is 15.3 Å². The molecule has 0 aliphatic rings. The maximum absolute atomic E-state index is 12.7. The van der Waals surface area contributed by atoms with Gasteiger partial charge < -0.3 is 10.1 Å². The van der Waals surface area contributed by atoms with Crippen LogP contribution in [-0.2, 0) is 4.74 Å². The minimum atomic E-state index is -0.432. The van der Waals surface area contributed by atoms with Crippen LogP contribution in [0.1, 0.15) is 43.2 Å². The molecule has 138 valence electrons. The Bertz CT molecular complexity index is 1070. The Hall–Kier alpha value is -3.28. The molecule has 0 spiro atoms. The molecule has 0 aliphatic heterocycles. The monoisotopic (exact) mass is 363 g/mol. The summed E-state index contributed by atoms with van der Waals surface area (Å²) in [5.41, 5.74) is 6.27. The largest absolute Gasteiger partial charge is 0.465 e. The predicted molar refractivity (Wildman–Crippen MR) is 104 cm³/mol. The molecule has 2 aromatic carbocycles. The van der Waals surface area contributed by atoms with E-state index in [0.717, 1.165) is 28.0 Å². The van der Waals surface area contributed by atoms with Gasteiger partial charge in [0.15, 0.2) is 0 Å². The highest BCUT2D eigenvalue weighted by Crippen LogP contribution is 2.22. The fourth-order valence-electron chi connectivity index (χ4n) is 2.83. The smallest absolute Gasteiger partial charge is 0.338 e. The van der Waals surface area contributed by atoms with E-state index in [9.17, 15) is 9.59 Å². The van der Waals surface area contributed by atoms with E-state index >= 15 is 0 Å². The van der Waals surface area contributed by atoms with Gasteiger partial charge in [-0.25, -0.2) is 14.8 Å². The maximum Gasteiger partial charge on any atom is 0.338 e. The zero-order valence-corrected chi connectivity index (χ0v) is 16.0. The summed E-state index contributed by atoms with van der Waals surface area (Å²) in [5.74, 6) is -0.713. The van der Waals surface area contributed by atoms with Crippen LogP contribution in [0.5, 0.6) is 0 Å². The van der Waals surface area contributed by atoms with Crippen molar-refractivity contribution in [2.75, 3.05) is 12.4 Å². The molecule has 1 heterocycles. The van der Waals surface area contributed by atoms with Crippen molar-refractivity contribution < 1.29 is 14.3 Å². The third-order valence-electron chi connectivity index (χ3n) is 4.67. The summed E-state index contributed by atoms with van der Waals surface area (Å²) in [6, 6.07) is 8.66. The lowest BCUT2D eigenvalue weighted by molar-refractivity contribution is 0.0599. The molecular weight excluding hydrogens is 342 g/mol. The van der Waals surface area contributed by atoms with Crippen molar-refractivity contribution in [3.8, 4) is 0 Å². The number of nitrogens with zero attached hydrogens (tertiary/aromatic N) is 2. The predicted octanol–water partition coefficient (Wildman–Crippen LogP) is 3.90. The Morgan fingerprint density at radius 2 is 1.59 bits per heavy atom. The van der Waals surface area contributed by atoms with Crippen LogP contribution in [0.4, 0.5) is 5.69 Å². The number of fused-ring (bicyclic) bond motifs is 1. The van der Waals surface area contributed by atoms with Gasteiger partial charge in [-0.2, -0.15) is 0 Å². The molecular formula is C21H21N3O3. The van der Waals surface area contributed by atoms with Crippen molar-refractivity contribution in [2.24, 2.45) is 0 Å². The van der Waals surface area contributed by atoms with Gasteiger partial charge in [0, 0.05) is 11.3 Å². The molecule has 0 aliphatic carbocycles. The molecule has 1 N–H and O–H groups in total. The number of rotatable bonds is 3. The summed E-state index contributed by atoms with van der Waals surface area (Å²) in [5, 5.41) is 2.84. The van der Waals surface area contributed by atoms with Crippen molar-refractivity contribution in [2.45, 2.75) is 27.7 Å². The van der Waals surface area contributed by atoms with Crippen molar-refractivity contribution >= 4 is 28.6 Å². The van der Waals surface area contributed by atoms with E-state index in [1.165, 1.54) is 7.11 Å². The van der Waals surface area contributed by atoms with Gasteiger partial charge in [0.25, 0.3) is 5.91 Å². The van der Waals surface area contributed by atoms with E-state index in [-0.39, 0.29) is 5.91 Å². The fraction of sp³-hybridized carbons (Fsp3) is 0.238. The van der Waals surface area contributed by atoms with Gasteiger partial charge in [0.1, 0.15) is 0 Å². The zero-order chi connectivity index (χ0) is 19.7. The molecule has 1 aromatic heterocycles. The first-order chi connectivity index (χ1) is 12.8. The van der Waals surface area contributed by atoms with Crippen LogP contribution in [0.3, 0.4) is 0 Å². The van der Waals surface area contributed by atoms with Crippen LogP contribution in [-0.4, -0.2) is 29.0 Å². The number of nitrogens with one attached hydrogen (secondary N) is 1. The molecule has 0 radical (unpaired) electrons. The third kappa shape index (κ3) is 3.65. The van der Waals surface area contributed by atoms with Gasteiger partial charge in [0.2, 0.25) is 0 Å². The van der Waals surface area contributed by atoms with Gasteiger partial charge >= 0.3 is 5.97 Å². The number of carbonyl (C=O) groups is 2. The van der Waals surface area contributed by atoms with E-state index in [1.807, 2.05) is 33.8 Å². The van der Waals surface area contributed by atoms with Gasteiger partial charge in [-0.05, 0) is 69.2 Å². The molecule has 0 atom stereocenters. The standard InChI is InChI=1S/C21H21N3O3/c1-11-8-16(10-17(12(11)2)21(26)27-5)24-20(25)15-6-7-18-19(9-15)23-14(4)13(3)22-18/h6-10H,1-5H3,(H,24,25). The number of ether oxygens (including phenoxy) is 1. The quantitative estimate of drug-likeness (QED) is 0.714. The van der Waals surface area contributed by atoms with E-state index in [4.69, 9.17) is 4.74 Å². The first-order valence-electron chi connectivity index (χ1n) is 8.56. The number of anilines is 1. The molecule has 3 aromatic rings. The van der Waals surface area contributed by atoms with E-state index < -0.39 is 5.97 Å². The second kappa shape index (κ2) is 7.15. The average molecular weight is 363 g/mol. The molecule has 6 heteroatoms. The maximum atomic E-state index is 12.7. The van der Waals surface area contributed by atoms with Crippen molar-refractivity contribution in [1.82, 2.24) is 9.97 Å². The summed E-state index contributed by atoms with van der Waals surface area (Å²) in [4.78, 5) is 33.6. The topological polar surface area (TPSA) is 81.2 Å². The van der Waals surface area contributed by atoms with Crippen LogP contribution in [0.15, 0.2) is 30.3 Å². The lowest BCUT2D eigenvalue weighted by atomic mass is 10.0. The molecule has 0 saturated carbocycles. The van der Waals surface area contributed by atoms with Crippen molar-refractivity contribution in [3.05, 3.63) is 64.0 Å². The zero-order valence-electron chi connectivity index (χ0n) is 16.0. The number of aromatic nitrogens is 2. The summed E-state index contributed by atoms with van der Waals surface area (Å²) >= 11 is 0. The van der Waals surface area contributed by atoms with Gasteiger partial charge in [-0.1, -0.05) is 0 Å². The van der Waals surface area contributed by atoms with Crippen LogP contribution in [0, 0.1) is 27.7 Å². The summed E-state index contributed by atoms with van der Waals surface area (Å²) in [6.45, 7) is 7.52. The second-order valence-corrected chi connectivity index (χ2v) is 6.51. The Morgan fingerprint density at radius 1 is 0.926 bits per heavy atom. The van der Waals surface area contributed by atoms with Crippen molar-refractivity contribution in [1.29, 1.82) is 0 Å². The van der Waals surface area contributed by atoms with Gasteiger partial charge in [-0.15, -0.1) is 0 Å². The minimum Gasteiger partial charge on any atom is -0.465 e. The Morgan fingerprint density at radius 3 is 2.26 bits per heavy atom. The molecule has 0 bridgehead atoms. The molecule has 3 rings (SSSR count). The third-order valence-corrected chi connectivity index (χ3v) is 4.67. The first-order valence-corrected chi connectivity index (χ1v) is 8.56. The highest BCUT2D eigenvalue weighted by molar-refractivity contribution is 6.06. The number of hydrogen-bond donors (Lipinski definition) is 1. The van der Waals surface area contributed by atoms with Crippen molar-refractivity contribution in [3.63, 3.8) is 0 Å². The molecule has 0 unspecified atom stereocenters. The average Bonchev–Trinajstić information content (AvgIpc) is 2.64. The Labute approximate surface area is 157 Å². The second-order valence-electron chi connectivity index (χ2n) is 6.51. The molecule has 0 fully saturated rings. The number of esters is 1. The Balaban J connectivity index is 1.93. The summed E-state index contributed by atoms with van der Waals surface area (Å²) in [6.07, 6.45) is 0. The number of methoxy groups -OCH3 is 1. The lowest BCUT2D eigenvalue weighted by Gasteiger charge is -2.12. The number of hydrogen-bond acceptors (Lipinski definition) is 5. The number of carbonyl (C=O) groups excluding carboxylic acids is 2. The van der Waals surface area contributed by atoms with E-state index in [1.54, 1.807) is 24.3 Å². The van der Waals surface area contributed by atoms with Crippen LogP contribution < -0.4 is 5.32 Å². The summed E-state index contributed by atoms with van der Waals surface area (Å²) in [7, 11) is 1.34. The van der Waals surface area contributed by atoms with Crippen LogP contribution >= 0.6 is 0 Å². The summed E-state index contributed by atoms with van der Waals surface area (Å²) < 4.78 is 4.82. The number of amides is 1. The molecule has 6 nitrogen and oxygen atoms in total. The number of aryl methyl sites for hydroxylation is 3. The van der Waals surface area contributed by atoms with Gasteiger partial charge in [-0.3, -0.25) is 4.79 Å². The highest BCUT2D eigenvalue weighted by atomic mass is 16.5. The lowest BCUT2D eigenvalue weighted by Crippen LogP contribution is -2.14. The minimum absolute atomic E-state index is 0.281. The molecule has 27 heavy (non-hydrogen) atoms.